The van der Waals surface area contributed by atoms with Gasteiger partial charge in [-0.2, -0.15) is 4.72 Å². The highest BCUT2D eigenvalue weighted by Gasteiger charge is 2.38. The second-order valence-electron chi connectivity index (χ2n) is 4.79. The maximum absolute atomic E-state index is 12.4. The second-order valence-corrected chi connectivity index (χ2v) is 6.82. The summed E-state index contributed by atoms with van der Waals surface area (Å²) in [5.41, 5.74) is -1.86. The van der Waals surface area contributed by atoms with Crippen LogP contribution in [0.2, 0.25) is 5.02 Å². The molecule has 0 bridgehead atoms. The molecule has 1 aliphatic heterocycles. The fourth-order valence-electron chi connectivity index (χ4n) is 2.13. The van der Waals surface area contributed by atoms with Gasteiger partial charge >= 0.3 is 5.69 Å². The molecule has 2 N–H and O–H groups in total. The van der Waals surface area contributed by atoms with Crippen LogP contribution in [0, 0.1) is 10.1 Å². The van der Waals surface area contributed by atoms with Crippen molar-refractivity contribution in [2.75, 3.05) is 6.61 Å². The van der Waals surface area contributed by atoms with Crippen molar-refractivity contribution in [3.8, 4) is 5.75 Å². The van der Waals surface area contributed by atoms with Crippen LogP contribution >= 0.6 is 11.6 Å². The molecule has 0 radical (unpaired) electrons. The maximum atomic E-state index is 12.4. The van der Waals surface area contributed by atoms with Gasteiger partial charge in [0.1, 0.15) is 10.6 Å². The van der Waals surface area contributed by atoms with E-state index in [0.29, 0.717) is 19.4 Å². The predicted octanol–water partition coefficient (Wildman–Crippen LogP) is 1.76. The number of nitro groups is 1. The van der Waals surface area contributed by atoms with Crippen molar-refractivity contribution in [3.63, 3.8) is 0 Å². The largest absolute Gasteiger partial charge is 0.501 e. The van der Waals surface area contributed by atoms with Gasteiger partial charge < -0.3 is 9.84 Å². The number of benzene rings is 1. The lowest BCUT2D eigenvalue weighted by molar-refractivity contribution is -0.386. The van der Waals surface area contributed by atoms with Crippen molar-refractivity contribution in [2.45, 2.75) is 30.4 Å². The minimum Gasteiger partial charge on any atom is -0.501 e. The summed E-state index contributed by atoms with van der Waals surface area (Å²) in [4.78, 5) is 9.17. The third-order valence-corrected chi connectivity index (χ3v) is 5.17. The van der Waals surface area contributed by atoms with Crippen molar-refractivity contribution in [1.82, 2.24) is 4.72 Å². The van der Waals surface area contributed by atoms with E-state index >= 15 is 0 Å². The average molecular weight is 337 g/mol. The summed E-state index contributed by atoms with van der Waals surface area (Å²) in [6.45, 7) is 1.94. The van der Waals surface area contributed by atoms with Crippen LogP contribution in [-0.4, -0.2) is 30.8 Å². The van der Waals surface area contributed by atoms with E-state index in [1.165, 1.54) is 0 Å². The van der Waals surface area contributed by atoms with Gasteiger partial charge in [-0.25, -0.2) is 8.42 Å². The number of nitrogens with zero attached hydrogens (tertiary/aromatic N) is 1. The van der Waals surface area contributed by atoms with Gasteiger partial charge in [0.15, 0.2) is 0 Å². The van der Waals surface area contributed by atoms with Gasteiger partial charge in [-0.3, -0.25) is 10.1 Å². The fraction of sp³-hybridized carbons (Fsp3) is 0.455. The Kier molecular flexibility index (Phi) is 4.11. The molecule has 1 fully saturated rings. The first-order chi connectivity index (χ1) is 9.66. The second kappa shape index (κ2) is 5.41. The van der Waals surface area contributed by atoms with Gasteiger partial charge in [-0.05, 0) is 25.8 Å². The number of hydrogen-bond donors (Lipinski definition) is 2. The summed E-state index contributed by atoms with van der Waals surface area (Å²) in [5.74, 6) is -0.999. The quantitative estimate of drug-likeness (QED) is 0.638. The number of sulfonamides is 1. The van der Waals surface area contributed by atoms with E-state index in [4.69, 9.17) is 16.3 Å². The Bertz CT molecular complexity index is 684. The molecule has 0 aromatic heterocycles. The van der Waals surface area contributed by atoms with Gasteiger partial charge in [-0.15, -0.1) is 0 Å². The SMILES string of the molecule is CC1(NS(=O)(=O)c2c(Cl)ccc([N+](=O)[O-])c2O)CCCO1. The van der Waals surface area contributed by atoms with E-state index in [1.54, 1.807) is 6.92 Å². The van der Waals surface area contributed by atoms with Crippen LogP contribution in [0.3, 0.4) is 0 Å². The summed E-state index contributed by atoms with van der Waals surface area (Å²) in [7, 11) is -4.28. The number of phenols is 1. The molecule has 0 spiro atoms. The monoisotopic (exact) mass is 336 g/mol. The zero-order valence-electron chi connectivity index (χ0n) is 11.0. The van der Waals surface area contributed by atoms with Gasteiger partial charge in [0, 0.05) is 12.7 Å². The lowest BCUT2D eigenvalue weighted by Crippen LogP contribution is -2.45. The number of rotatable bonds is 4. The molecule has 0 aliphatic carbocycles. The Labute approximate surface area is 125 Å². The van der Waals surface area contributed by atoms with Gasteiger partial charge in [0.05, 0.1) is 9.95 Å². The van der Waals surface area contributed by atoms with Crippen molar-refractivity contribution < 1.29 is 23.2 Å². The smallest absolute Gasteiger partial charge is 0.312 e. The number of nitro benzene ring substituents is 1. The van der Waals surface area contributed by atoms with Crippen LogP contribution in [0.15, 0.2) is 17.0 Å². The highest BCUT2D eigenvalue weighted by atomic mass is 35.5. The summed E-state index contributed by atoms with van der Waals surface area (Å²) in [5, 5.41) is 20.3. The number of ether oxygens (including phenoxy) is 1. The molecule has 10 heteroatoms. The van der Waals surface area contributed by atoms with Crippen LogP contribution in [0.4, 0.5) is 5.69 Å². The third kappa shape index (κ3) is 3.10. The normalized spacial score (nSPS) is 22.4. The minimum absolute atomic E-state index is 0.313. The molecular formula is C11H13ClN2O6S. The summed E-state index contributed by atoms with van der Waals surface area (Å²) in [6, 6.07) is 1.98. The van der Waals surface area contributed by atoms with Crippen LogP contribution in [-0.2, 0) is 14.8 Å². The van der Waals surface area contributed by atoms with Crippen LogP contribution < -0.4 is 4.72 Å². The molecule has 1 unspecified atom stereocenters. The molecule has 0 amide bonds. The van der Waals surface area contributed by atoms with E-state index in [1.807, 2.05) is 0 Å². The standard InChI is InChI=1S/C11H13ClN2O6S/c1-11(5-2-6-20-11)13-21(18,19)10-7(12)3-4-8(9(10)15)14(16)17/h3-4,13,15H,2,5-6H2,1H3. The highest BCUT2D eigenvalue weighted by Crippen LogP contribution is 2.38. The molecule has 1 atom stereocenters. The molecule has 1 heterocycles. The number of phenolic OH excluding ortho intramolecular Hbond substituents is 1. The first kappa shape index (κ1) is 16.0. The maximum Gasteiger partial charge on any atom is 0.312 e. The third-order valence-electron chi connectivity index (χ3n) is 3.10. The zero-order chi connectivity index (χ0) is 15.8. The molecule has 1 aromatic carbocycles. The molecule has 2 rings (SSSR count). The molecule has 1 aliphatic rings. The predicted molar refractivity (Wildman–Crippen MR) is 73.7 cm³/mol. The van der Waals surface area contributed by atoms with Crippen molar-refractivity contribution >= 4 is 27.3 Å². The van der Waals surface area contributed by atoms with Crippen LogP contribution in [0.25, 0.3) is 0 Å². The Morgan fingerprint density at radius 3 is 2.71 bits per heavy atom. The molecule has 1 saturated heterocycles. The summed E-state index contributed by atoms with van der Waals surface area (Å²) < 4.78 is 32.3. The summed E-state index contributed by atoms with van der Waals surface area (Å²) in [6.07, 6.45) is 1.12. The molecule has 0 saturated carbocycles. The van der Waals surface area contributed by atoms with E-state index in [0.717, 1.165) is 12.1 Å². The number of halogens is 1. The van der Waals surface area contributed by atoms with E-state index in [-0.39, 0.29) is 5.02 Å². The Balaban J connectivity index is 2.49. The topological polar surface area (TPSA) is 119 Å². The first-order valence-corrected chi connectivity index (χ1v) is 7.86. The Morgan fingerprint density at radius 1 is 1.52 bits per heavy atom. The molecule has 1 aromatic rings. The van der Waals surface area contributed by atoms with Gasteiger partial charge in [-0.1, -0.05) is 11.6 Å². The minimum atomic E-state index is -4.28. The van der Waals surface area contributed by atoms with Gasteiger partial charge in [0.25, 0.3) is 0 Å². The van der Waals surface area contributed by atoms with Crippen molar-refractivity contribution in [3.05, 3.63) is 27.3 Å². The zero-order valence-corrected chi connectivity index (χ0v) is 12.6. The molecular weight excluding hydrogens is 324 g/mol. The molecule has 21 heavy (non-hydrogen) atoms. The van der Waals surface area contributed by atoms with E-state index in [2.05, 4.69) is 4.72 Å². The lowest BCUT2D eigenvalue weighted by atomic mass is 10.2. The number of hydrogen-bond acceptors (Lipinski definition) is 6. The Hall–Kier alpha value is -1.42. The first-order valence-electron chi connectivity index (χ1n) is 6.00. The summed E-state index contributed by atoms with van der Waals surface area (Å²) >= 11 is 5.78. The van der Waals surface area contributed by atoms with E-state index < -0.39 is 37.0 Å². The fourth-order valence-corrected chi connectivity index (χ4v) is 4.11. The molecule has 8 nitrogen and oxygen atoms in total. The highest BCUT2D eigenvalue weighted by molar-refractivity contribution is 7.89. The number of aromatic hydroxyl groups is 1. The number of nitrogens with one attached hydrogen (secondary N) is 1. The van der Waals surface area contributed by atoms with Crippen molar-refractivity contribution in [1.29, 1.82) is 0 Å². The van der Waals surface area contributed by atoms with Crippen molar-refractivity contribution in [2.24, 2.45) is 0 Å². The lowest BCUT2D eigenvalue weighted by Gasteiger charge is -2.24. The van der Waals surface area contributed by atoms with Gasteiger partial charge in [0.2, 0.25) is 15.8 Å². The average Bonchev–Trinajstić information content (AvgIpc) is 2.73. The molecule has 116 valence electrons. The Morgan fingerprint density at radius 2 is 2.19 bits per heavy atom. The van der Waals surface area contributed by atoms with Crippen LogP contribution in [0.1, 0.15) is 19.8 Å². The van der Waals surface area contributed by atoms with E-state index in [9.17, 15) is 23.6 Å². The van der Waals surface area contributed by atoms with Crippen LogP contribution in [0.5, 0.6) is 5.75 Å².